The van der Waals surface area contributed by atoms with Crippen LogP contribution in [0.25, 0.3) is 0 Å². The molecule has 1 aromatic carbocycles. The molecule has 2 aliphatic heterocycles. The Hall–Kier alpha value is -1.59. The van der Waals surface area contributed by atoms with Crippen molar-refractivity contribution in [2.75, 3.05) is 17.6 Å². The lowest BCUT2D eigenvalue weighted by Crippen LogP contribution is -2.47. The van der Waals surface area contributed by atoms with Crippen LogP contribution in [0.4, 0.5) is 11.4 Å². The predicted octanol–water partition coefficient (Wildman–Crippen LogP) is 1.19. The molecule has 1 aromatic rings. The number of nitrogen functional groups attached to an aromatic ring is 1. The number of benzene rings is 1. The van der Waals surface area contributed by atoms with Crippen LogP contribution in [0, 0.1) is 0 Å². The van der Waals surface area contributed by atoms with E-state index in [1.807, 2.05) is 12.1 Å². The Morgan fingerprint density at radius 1 is 1.35 bits per heavy atom. The first kappa shape index (κ1) is 13.4. The van der Waals surface area contributed by atoms with Crippen molar-refractivity contribution < 1.29 is 9.90 Å². The van der Waals surface area contributed by atoms with Gasteiger partial charge in [-0.25, -0.2) is 0 Å². The summed E-state index contributed by atoms with van der Waals surface area (Å²) in [4.78, 5) is 14.4. The molecule has 5 nitrogen and oxygen atoms in total. The fourth-order valence-corrected chi connectivity index (χ4v) is 3.49. The van der Waals surface area contributed by atoms with E-state index in [4.69, 9.17) is 5.73 Å². The molecule has 2 heterocycles. The third kappa shape index (κ3) is 2.78. The van der Waals surface area contributed by atoms with Gasteiger partial charge in [0.2, 0.25) is 5.91 Å². The van der Waals surface area contributed by atoms with E-state index < -0.39 is 0 Å². The van der Waals surface area contributed by atoms with Crippen LogP contribution in [-0.2, 0) is 4.79 Å². The number of nitrogens with zero attached hydrogens (tertiary/aromatic N) is 1. The molecule has 0 radical (unpaired) electrons. The number of rotatable bonds is 3. The van der Waals surface area contributed by atoms with E-state index in [1.54, 1.807) is 12.1 Å². The maximum atomic E-state index is 12.1. The normalized spacial score (nSPS) is 29.4. The van der Waals surface area contributed by atoms with Gasteiger partial charge in [-0.05, 0) is 43.9 Å². The van der Waals surface area contributed by atoms with Crippen LogP contribution in [0.2, 0.25) is 0 Å². The average Bonchev–Trinajstić information content (AvgIpc) is 2.62. The number of hydrogen-bond donors (Lipinski definition) is 3. The van der Waals surface area contributed by atoms with Crippen LogP contribution in [0.1, 0.15) is 25.7 Å². The minimum atomic E-state index is -0.194. The number of nitrogens with two attached hydrogens (primary N) is 1. The van der Waals surface area contributed by atoms with Crippen molar-refractivity contribution in [3.8, 4) is 0 Å². The summed E-state index contributed by atoms with van der Waals surface area (Å²) in [7, 11) is 0. The largest absolute Gasteiger partial charge is 0.399 e. The zero-order valence-corrected chi connectivity index (χ0v) is 11.5. The Morgan fingerprint density at radius 2 is 2.05 bits per heavy atom. The van der Waals surface area contributed by atoms with Gasteiger partial charge < -0.3 is 16.2 Å². The molecular formula is C15H21N3O2. The molecule has 2 bridgehead atoms. The van der Waals surface area contributed by atoms with Gasteiger partial charge in [0, 0.05) is 23.5 Å². The SMILES string of the molecule is Nc1cccc(NC(=O)CN2C3CCC2CC(O)C3)c1. The molecule has 0 saturated carbocycles. The standard InChI is InChI=1S/C15H21N3O2/c16-10-2-1-3-11(6-10)17-15(20)9-18-12-4-5-13(18)8-14(19)7-12/h1-3,6,12-14,19H,4-5,7-9,16H2,(H,17,20). The molecule has 0 aromatic heterocycles. The number of piperidine rings is 1. The van der Waals surface area contributed by atoms with E-state index in [-0.39, 0.29) is 12.0 Å². The van der Waals surface area contributed by atoms with Crippen LogP contribution >= 0.6 is 0 Å². The van der Waals surface area contributed by atoms with Crippen molar-refractivity contribution in [2.45, 2.75) is 43.9 Å². The van der Waals surface area contributed by atoms with Crippen LogP contribution in [-0.4, -0.2) is 40.6 Å². The second-order valence-electron chi connectivity index (χ2n) is 5.86. The Morgan fingerprint density at radius 3 is 2.70 bits per heavy atom. The molecule has 108 valence electrons. The van der Waals surface area contributed by atoms with E-state index in [1.165, 1.54) is 0 Å². The Labute approximate surface area is 118 Å². The Balaban J connectivity index is 1.60. The molecule has 2 atom stereocenters. The summed E-state index contributed by atoms with van der Waals surface area (Å²) in [6.45, 7) is 0.400. The first-order chi connectivity index (χ1) is 9.61. The number of amides is 1. The number of anilines is 2. The number of aliphatic hydroxyl groups excluding tert-OH is 1. The molecule has 20 heavy (non-hydrogen) atoms. The molecule has 2 fully saturated rings. The van der Waals surface area contributed by atoms with Crippen molar-refractivity contribution in [3.05, 3.63) is 24.3 Å². The number of hydrogen-bond acceptors (Lipinski definition) is 4. The number of carbonyl (C=O) groups is 1. The fraction of sp³-hybridized carbons (Fsp3) is 0.533. The van der Waals surface area contributed by atoms with Crippen molar-refractivity contribution in [3.63, 3.8) is 0 Å². The van der Waals surface area contributed by atoms with E-state index in [0.29, 0.717) is 24.3 Å². The minimum absolute atomic E-state index is 0.0103. The van der Waals surface area contributed by atoms with E-state index in [9.17, 15) is 9.90 Å². The first-order valence-electron chi connectivity index (χ1n) is 7.21. The molecule has 2 aliphatic rings. The lowest BCUT2D eigenvalue weighted by Gasteiger charge is -2.36. The smallest absolute Gasteiger partial charge is 0.238 e. The van der Waals surface area contributed by atoms with Crippen molar-refractivity contribution >= 4 is 17.3 Å². The van der Waals surface area contributed by atoms with Gasteiger partial charge in [-0.2, -0.15) is 0 Å². The molecule has 2 saturated heterocycles. The topological polar surface area (TPSA) is 78.6 Å². The number of fused-ring (bicyclic) bond motifs is 2. The second-order valence-corrected chi connectivity index (χ2v) is 5.86. The van der Waals surface area contributed by atoms with E-state index in [2.05, 4.69) is 10.2 Å². The summed E-state index contributed by atoms with van der Waals surface area (Å²) in [5.74, 6) is -0.0103. The highest BCUT2D eigenvalue weighted by Gasteiger charge is 2.40. The van der Waals surface area contributed by atoms with Crippen LogP contribution in [0.5, 0.6) is 0 Å². The molecule has 4 N–H and O–H groups in total. The van der Waals surface area contributed by atoms with E-state index >= 15 is 0 Å². The highest BCUT2D eigenvalue weighted by molar-refractivity contribution is 5.92. The molecule has 2 unspecified atom stereocenters. The van der Waals surface area contributed by atoms with Gasteiger partial charge in [-0.15, -0.1) is 0 Å². The quantitative estimate of drug-likeness (QED) is 0.724. The maximum absolute atomic E-state index is 12.1. The molecule has 3 rings (SSSR count). The van der Waals surface area contributed by atoms with Crippen molar-refractivity contribution in [1.29, 1.82) is 0 Å². The number of aliphatic hydroxyl groups is 1. The molecule has 0 spiro atoms. The number of nitrogens with one attached hydrogen (secondary N) is 1. The lowest BCUT2D eigenvalue weighted by atomic mass is 10.00. The van der Waals surface area contributed by atoms with Crippen molar-refractivity contribution in [2.24, 2.45) is 0 Å². The average molecular weight is 275 g/mol. The monoisotopic (exact) mass is 275 g/mol. The summed E-state index contributed by atoms with van der Waals surface area (Å²) in [6.07, 6.45) is 3.57. The van der Waals surface area contributed by atoms with Gasteiger partial charge in [0.25, 0.3) is 0 Å². The lowest BCUT2D eigenvalue weighted by molar-refractivity contribution is -0.119. The highest BCUT2D eigenvalue weighted by atomic mass is 16.3. The Bertz CT molecular complexity index is 492. The highest BCUT2D eigenvalue weighted by Crippen LogP contribution is 2.35. The van der Waals surface area contributed by atoms with Crippen molar-refractivity contribution in [1.82, 2.24) is 4.90 Å². The summed E-state index contributed by atoms with van der Waals surface area (Å²) >= 11 is 0. The zero-order valence-electron chi connectivity index (χ0n) is 11.5. The molecular weight excluding hydrogens is 254 g/mol. The van der Waals surface area contributed by atoms with Gasteiger partial charge in [0.15, 0.2) is 0 Å². The fourth-order valence-electron chi connectivity index (χ4n) is 3.49. The third-order valence-corrected chi connectivity index (χ3v) is 4.36. The van der Waals surface area contributed by atoms with Gasteiger partial charge in [-0.1, -0.05) is 6.07 Å². The minimum Gasteiger partial charge on any atom is -0.399 e. The zero-order chi connectivity index (χ0) is 14.1. The summed E-state index contributed by atoms with van der Waals surface area (Å²) < 4.78 is 0. The predicted molar refractivity (Wildman–Crippen MR) is 78.2 cm³/mol. The van der Waals surface area contributed by atoms with E-state index in [0.717, 1.165) is 31.4 Å². The summed E-state index contributed by atoms with van der Waals surface area (Å²) in [5.41, 5.74) is 7.08. The van der Waals surface area contributed by atoms with Gasteiger partial charge in [0.05, 0.1) is 12.6 Å². The second kappa shape index (κ2) is 5.42. The number of carbonyl (C=O) groups excluding carboxylic acids is 1. The molecule has 5 heteroatoms. The van der Waals surface area contributed by atoms with Crippen LogP contribution < -0.4 is 11.1 Å². The summed E-state index contributed by atoms with van der Waals surface area (Å²) in [6, 6.07) is 7.92. The Kier molecular flexibility index (Phi) is 3.63. The first-order valence-corrected chi connectivity index (χ1v) is 7.21. The third-order valence-electron chi connectivity index (χ3n) is 4.36. The summed E-state index contributed by atoms with van der Waals surface area (Å²) in [5, 5.41) is 12.7. The van der Waals surface area contributed by atoms with Gasteiger partial charge in [0.1, 0.15) is 0 Å². The van der Waals surface area contributed by atoms with Gasteiger partial charge in [-0.3, -0.25) is 9.69 Å². The molecule has 0 aliphatic carbocycles. The van der Waals surface area contributed by atoms with Crippen LogP contribution in [0.3, 0.4) is 0 Å². The maximum Gasteiger partial charge on any atom is 0.238 e. The molecule has 1 amide bonds. The van der Waals surface area contributed by atoms with Crippen LogP contribution in [0.15, 0.2) is 24.3 Å². The van der Waals surface area contributed by atoms with Gasteiger partial charge >= 0.3 is 0 Å².